The Balaban J connectivity index is 2.56. The second-order valence-electron chi connectivity index (χ2n) is 3.95. The molecule has 0 fully saturated rings. The van der Waals surface area contributed by atoms with E-state index in [1.54, 1.807) is 14.1 Å². The summed E-state index contributed by atoms with van der Waals surface area (Å²) < 4.78 is 37.4. The number of carbonyl (C=O) groups excluding carboxylic acids is 1. The molecule has 0 saturated heterocycles. The van der Waals surface area contributed by atoms with Crippen LogP contribution in [0.4, 0.5) is 23.8 Å². The number of rotatable bonds is 4. The molecule has 10 heteroatoms. The summed E-state index contributed by atoms with van der Waals surface area (Å²) in [6, 6.07) is 0.869. The largest absolute Gasteiger partial charge is 0.451 e. The SMILES string of the molecule is CN(C)C(=O)NCCNc1cc(Cl)nc(C(F)(F)F)n1. The Kier molecular flexibility index (Phi) is 5.37. The zero-order valence-electron chi connectivity index (χ0n) is 10.8. The molecule has 0 spiro atoms. The first-order chi connectivity index (χ1) is 9.20. The molecule has 0 aliphatic heterocycles. The van der Waals surface area contributed by atoms with E-state index in [1.165, 1.54) is 11.0 Å². The third kappa shape index (κ3) is 5.08. The number of hydrogen-bond acceptors (Lipinski definition) is 4. The van der Waals surface area contributed by atoms with Gasteiger partial charge in [0.25, 0.3) is 0 Å². The summed E-state index contributed by atoms with van der Waals surface area (Å²) in [5, 5.41) is 4.85. The maximum Gasteiger partial charge on any atom is 0.451 e. The minimum absolute atomic E-state index is 0.0589. The van der Waals surface area contributed by atoms with Crippen LogP contribution >= 0.6 is 11.6 Å². The van der Waals surface area contributed by atoms with Gasteiger partial charge in [-0.1, -0.05) is 11.6 Å². The lowest BCUT2D eigenvalue weighted by Crippen LogP contribution is -2.37. The Labute approximate surface area is 118 Å². The molecule has 20 heavy (non-hydrogen) atoms. The van der Waals surface area contributed by atoms with Gasteiger partial charge in [0.15, 0.2) is 0 Å². The molecule has 0 radical (unpaired) electrons. The van der Waals surface area contributed by atoms with Gasteiger partial charge in [0.05, 0.1) is 0 Å². The van der Waals surface area contributed by atoms with E-state index in [9.17, 15) is 18.0 Å². The number of carbonyl (C=O) groups is 1. The first kappa shape index (κ1) is 16.3. The third-order valence-corrected chi connectivity index (χ3v) is 2.26. The number of hydrogen-bond donors (Lipinski definition) is 2. The lowest BCUT2D eigenvalue weighted by atomic mass is 10.5. The molecule has 0 bridgehead atoms. The lowest BCUT2D eigenvalue weighted by Gasteiger charge is -2.13. The fraction of sp³-hybridized carbons (Fsp3) is 0.500. The number of alkyl halides is 3. The second kappa shape index (κ2) is 6.60. The van der Waals surface area contributed by atoms with Crippen molar-refractivity contribution in [2.45, 2.75) is 6.18 Å². The minimum atomic E-state index is -4.67. The predicted octanol–water partition coefficient (Wildman–Crippen LogP) is 1.83. The van der Waals surface area contributed by atoms with Crippen molar-refractivity contribution in [2.24, 2.45) is 0 Å². The van der Waals surface area contributed by atoms with Crippen LogP contribution in [0.15, 0.2) is 6.07 Å². The average molecular weight is 312 g/mol. The van der Waals surface area contributed by atoms with Crippen molar-refractivity contribution in [1.82, 2.24) is 20.2 Å². The van der Waals surface area contributed by atoms with Crippen molar-refractivity contribution in [3.8, 4) is 0 Å². The van der Waals surface area contributed by atoms with Crippen molar-refractivity contribution < 1.29 is 18.0 Å². The van der Waals surface area contributed by atoms with Crippen LogP contribution in [0.5, 0.6) is 0 Å². The molecule has 0 aromatic carbocycles. The van der Waals surface area contributed by atoms with Crippen LogP contribution in [0, 0.1) is 0 Å². The Morgan fingerprint density at radius 2 is 2.00 bits per heavy atom. The number of amides is 2. The lowest BCUT2D eigenvalue weighted by molar-refractivity contribution is -0.144. The summed E-state index contributed by atoms with van der Waals surface area (Å²) in [4.78, 5) is 18.9. The minimum Gasteiger partial charge on any atom is -0.368 e. The molecular weight excluding hydrogens is 299 g/mol. The number of aromatic nitrogens is 2. The van der Waals surface area contributed by atoms with E-state index in [4.69, 9.17) is 11.6 Å². The van der Waals surface area contributed by atoms with Crippen molar-refractivity contribution >= 4 is 23.4 Å². The summed E-state index contributed by atoms with van der Waals surface area (Å²) in [5.41, 5.74) is 0. The summed E-state index contributed by atoms with van der Waals surface area (Å²) >= 11 is 5.49. The van der Waals surface area contributed by atoms with E-state index in [-0.39, 0.29) is 30.1 Å². The maximum atomic E-state index is 12.5. The molecule has 0 aliphatic carbocycles. The van der Waals surface area contributed by atoms with Crippen molar-refractivity contribution in [1.29, 1.82) is 0 Å². The fourth-order valence-electron chi connectivity index (χ4n) is 1.15. The van der Waals surface area contributed by atoms with Gasteiger partial charge in [0, 0.05) is 33.3 Å². The summed E-state index contributed by atoms with van der Waals surface area (Å²) in [6.45, 7) is 0.421. The van der Waals surface area contributed by atoms with Crippen LogP contribution < -0.4 is 10.6 Å². The number of halogens is 4. The summed E-state index contributed by atoms with van der Waals surface area (Å²) in [6.07, 6.45) is -4.67. The molecule has 0 saturated carbocycles. The van der Waals surface area contributed by atoms with E-state index < -0.39 is 12.0 Å². The van der Waals surface area contributed by atoms with Gasteiger partial charge in [-0.15, -0.1) is 0 Å². The zero-order valence-corrected chi connectivity index (χ0v) is 11.5. The van der Waals surface area contributed by atoms with Gasteiger partial charge >= 0.3 is 12.2 Å². The van der Waals surface area contributed by atoms with Gasteiger partial charge in [0.2, 0.25) is 5.82 Å². The molecule has 0 aliphatic rings. The molecule has 0 atom stereocenters. The van der Waals surface area contributed by atoms with E-state index in [0.29, 0.717) is 0 Å². The molecule has 2 N–H and O–H groups in total. The van der Waals surface area contributed by atoms with Crippen LogP contribution in [0.2, 0.25) is 5.15 Å². The van der Waals surface area contributed by atoms with E-state index >= 15 is 0 Å². The predicted molar refractivity (Wildman–Crippen MR) is 67.6 cm³/mol. The van der Waals surface area contributed by atoms with Crippen LogP contribution in [-0.2, 0) is 6.18 Å². The van der Waals surface area contributed by atoms with Gasteiger partial charge in [-0.05, 0) is 0 Å². The molecule has 112 valence electrons. The van der Waals surface area contributed by atoms with E-state index in [2.05, 4.69) is 20.6 Å². The average Bonchev–Trinajstić information content (AvgIpc) is 2.32. The van der Waals surface area contributed by atoms with Gasteiger partial charge in [-0.2, -0.15) is 13.2 Å². The molecule has 1 aromatic heterocycles. The number of nitrogens with one attached hydrogen (secondary N) is 2. The topological polar surface area (TPSA) is 70.2 Å². The molecule has 1 rings (SSSR count). The Hall–Kier alpha value is -1.77. The zero-order chi connectivity index (χ0) is 15.3. The molecule has 6 nitrogen and oxygen atoms in total. The van der Waals surface area contributed by atoms with Crippen LogP contribution in [0.1, 0.15) is 5.82 Å². The van der Waals surface area contributed by atoms with Crippen molar-refractivity contribution in [3.63, 3.8) is 0 Å². The standard InChI is InChI=1S/C10H13ClF3N5O/c1-19(2)9(20)16-4-3-15-7-5-6(11)17-8(18-7)10(12,13)14/h5H,3-4H2,1-2H3,(H,16,20)(H,15,17,18). The first-order valence-corrected chi connectivity index (χ1v) is 5.88. The van der Waals surface area contributed by atoms with Gasteiger partial charge in [-0.25, -0.2) is 14.8 Å². The number of urea groups is 1. The summed E-state index contributed by atoms with van der Waals surface area (Å²) in [5.74, 6) is -1.37. The highest BCUT2D eigenvalue weighted by Gasteiger charge is 2.35. The van der Waals surface area contributed by atoms with Gasteiger partial charge in [-0.3, -0.25) is 0 Å². The van der Waals surface area contributed by atoms with E-state index in [0.717, 1.165) is 0 Å². The van der Waals surface area contributed by atoms with Gasteiger partial charge < -0.3 is 15.5 Å². The van der Waals surface area contributed by atoms with Crippen LogP contribution in [0.25, 0.3) is 0 Å². The molecular formula is C10H13ClF3N5O. The number of anilines is 1. The fourth-order valence-corrected chi connectivity index (χ4v) is 1.34. The molecule has 1 heterocycles. The Morgan fingerprint density at radius 3 is 2.55 bits per heavy atom. The first-order valence-electron chi connectivity index (χ1n) is 5.51. The van der Waals surface area contributed by atoms with Crippen molar-refractivity contribution in [3.05, 3.63) is 17.0 Å². The van der Waals surface area contributed by atoms with Crippen LogP contribution in [-0.4, -0.2) is 48.1 Å². The monoisotopic (exact) mass is 311 g/mol. The second-order valence-corrected chi connectivity index (χ2v) is 4.34. The quantitative estimate of drug-likeness (QED) is 0.657. The normalized spacial score (nSPS) is 11.1. The smallest absolute Gasteiger partial charge is 0.368 e. The van der Waals surface area contributed by atoms with Crippen molar-refractivity contribution in [2.75, 3.05) is 32.5 Å². The molecule has 2 amide bonds. The number of nitrogens with zero attached hydrogens (tertiary/aromatic N) is 3. The van der Waals surface area contributed by atoms with Crippen LogP contribution in [0.3, 0.4) is 0 Å². The van der Waals surface area contributed by atoms with E-state index in [1.807, 2.05) is 0 Å². The Bertz CT molecular complexity index is 480. The Morgan fingerprint density at radius 1 is 1.35 bits per heavy atom. The summed E-state index contributed by atoms with van der Waals surface area (Å²) in [7, 11) is 3.14. The highest BCUT2D eigenvalue weighted by molar-refractivity contribution is 6.29. The highest BCUT2D eigenvalue weighted by Crippen LogP contribution is 2.28. The molecule has 1 aromatic rings. The third-order valence-electron chi connectivity index (χ3n) is 2.06. The highest BCUT2D eigenvalue weighted by atomic mass is 35.5. The molecule has 0 unspecified atom stereocenters. The van der Waals surface area contributed by atoms with Gasteiger partial charge in [0.1, 0.15) is 11.0 Å². The maximum absolute atomic E-state index is 12.5.